The molecule has 0 atom stereocenters. The lowest BCUT2D eigenvalue weighted by Crippen LogP contribution is -2.25. The van der Waals surface area contributed by atoms with Crippen molar-refractivity contribution in [2.75, 3.05) is 7.11 Å². The number of benzene rings is 1. The van der Waals surface area contributed by atoms with Crippen molar-refractivity contribution in [1.29, 1.82) is 0 Å². The van der Waals surface area contributed by atoms with Gasteiger partial charge in [0.05, 0.1) is 28.0 Å². The second kappa shape index (κ2) is 9.63. The van der Waals surface area contributed by atoms with Crippen LogP contribution in [-0.4, -0.2) is 27.9 Å². The molecule has 0 N–H and O–H groups in total. The van der Waals surface area contributed by atoms with Crippen LogP contribution < -0.4 is 0 Å². The third-order valence-electron chi connectivity index (χ3n) is 4.38. The van der Waals surface area contributed by atoms with Gasteiger partial charge in [0.1, 0.15) is 5.69 Å². The van der Waals surface area contributed by atoms with Crippen molar-refractivity contribution in [1.82, 2.24) is 4.98 Å². The Kier molecular flexibility index (Phi) is 7.60. The van der Waals surface area contributed by atoms with E-state index in [1.54, 1.807) is 13.8 Å². The van der Waals surface area contributed by atoms with E-state index in [1.165, 1.54) is 12.1 Å². The second-order valence-corrected chi connectivity index (χ2v) is 7.47. The average molecular weight is 476 g/mol. The molecule has 2 aromatic rings. The zero-order valence-corrected chi connectivity index (χ0v) is 17.8. The van der Waals surface area contributed by atoms with Gasteiger partial charge in [0, 0.05) is 11.6 Å². The fourth-order valence-electron chi connectivity index (χ4n) is 3.16. The van der Waals surface area contributed by atoms with Gasteiger partial charge in [0.25, 0.3) is 12.1 Å². The molecule has 1 aromatic heterocycles. The van der Waals surface area contributed by atoms with E-state index in [4.69, 9.17) is 12.2 Å². The molecule has 0 bridgehead atoms. The van der Waals surface area contributed by atoms with Gasteiger partial charge in [0.2, 0.25) is 0 Å². The van der Waals surface area contributed by atoms with Gasteiger partial charge in [-0.05, 0) is 24.0 Å². The van der Waals surface area contributed by atoms with E-state index in [0.29, 0.717) is 0 Å². The van der Waals surface area contributed by atoms with Crippen molar-refractivity contribution >= 4 is 28.7 Å². The van der Waals surface area contributed by atoms with Crippen LogP contribution in [0.3, 0.4) is 0 Å². The first kappa shape index (κ1) is 25.2. The summed E-state index contributed by atoms with van der Waals surface area (Å²) in [5.41, 5.74) is -6.19. The number of hydrogen-bond donors (Lipinski definition) is 0. The Morgan fingerprint density at radius 1 is 1.22 bits per heavy atom. The number of para-hydroxylation sites is 1. The van der Waals surface area contributed by atoms with Crippen LogP contribution in [0.25, 0.3) is 0 Å². The highest BCUT2D eigenvalue weighted by Gasteiger charge is 2.42. The van der Waals surface area contributed by atoms with E-state index >= 15 is 0 Å². The zero-order chi connectivity index (χ0) is 24.4. The number of hydrogen-bond acceptors (Lipinski definition) is 6. The SMILES string of the molecule is COC(=O)c1c(C(F)F)nc(C(F)(F)F)c(C(=S)c2ccccc2[N+](=O)[O-])c1CC(C)C. The quantitative estimate of drug-likeness (QED) is 0.127. The number of pyridine rings is 1. The van der Waals surface area contributed by atoms with Crippen molar-refractivity contribution in [3.8, 4) is 0 Å². The fourth-order valence-corrected chi connectivity index (χ4v) is 3.56. The van der Waals surface area contributed by atoms with Crippen molar-refractivity contribution in [3.05, 3.63) is 68.0 Å². The molecule has 12 heteroatoms. The smallest absolute Gasteiger partial charge is 0.434 e. The fraction of sp³-hybridized carbons (Fsp3) is 0.350. The molecule has 0 aliphatic carbocycles. The maximum Gasteiger partial charge on any atom is 0.434 e. The van der Waals surface area contributed by atoms with Crippen LogP contribution in [0.2, 0.25) is 0 Å². The minimum Gasteiger partial charge on any atom is -0.465 e. The number of aromatic nitrogens is 1. The van der Waals surface area contributed by atoms with Gasteiger partial charge in [-0.15, -0.1) is 0 Å². The molecule has 0 aliphatic heterocycles. The number of carbonyl (C=O) groups is 1. The Labute approximate surface area is 184 Å². The van der Waals surface area contributed by atoms with Crippen LogP contribution >= 0.6 is 12.2 Å². The van der Waals surface area contributed by atoms with E-state index < -0.39 is 68.0 Å². The van der Waals surface area contributed by atoms with Gasteiger partial charge >= 0.3 is 12.1 Å². The number of nitro groups is 1. The number of halogens is 5. The molecular weight excluding hydrogens is 459 g/mol. The molecule has 0 saturated heterocycles. The molecule has 0 aliphatic rings. The van der Waals surface area contributed by atoms with Crippen LogP contribution in [0.5, 0.6) is 0 Å². The van der Waals surface area contributed by atoms with Gasteiger partial charge in [-0.1, -0.05) is 38.2 Å². The number of rotatable bonds is 7. The summed E-state index contributed by atoms with van der Waals surface area (Å²) in [4.78, 5) is 25.4. The molecule has 0 spiro atoms. The average Bonchev–Trinajstić information content (AvgIpc) is 2.70. The van der Waals surface area contributed by atoms with Gasteiger partial charge in [-0.2, -0.15) is 13.2 Å². The largest absolute Gasteiger partial charge is 0.465 e. The summed E-state index contributed by atoms with van der Waals surface area (Å²) in [6, 6.07) is 4.80. The van der Waals surface area contributed by atoms with Crippen molar-refractivity contribution < 1.29 is 36.4 Å². The predicted molar refractivity (Wildman–Crippen MR) is 108 cm³/mol. The third kappa shape index (κ3) is 5.06. The number of nitrogens with zero attached hydrogens (tertiary/aromatic N) is 2. The summed E-state index contributed by atoms with van der Waals surface area (Å²) in [7, 11) is 0.883. The third-order valence-corrected chi connectivity index (χ3v) is 4.80. The van der Waals surface area contributed by atoms with Crippen LogP contribution in [0.4, 0.5) is 27.6 Å². The monoisotopic (exact) mass is 476 g/mol. The highest BCUT2D eigenvalue weighted by atomic mass is 32.1. The van der Waals surface area contributed by atoms with E-state index in [9.17, 15) is 36.9 Å². The van der Waals surface area contributed by atoms with Crippen LogP contribution in [0.1, 0.15) is 58.7 Å². The molecule has 1 heterocycles. The summed E-state index contributed by atoms with van der Waals surface area (Å²) >= 11 is 5.20. The Morgan fingerprint density at radius 2 is 1.81 bits per heavy atom. The van der Waals surface area contributed by atoms with E-state index in [1.807, 2.05) is 0 Å². The number of alkyl halides is 5. The maximum absolute atomic E-state index is 13.9. The summed E-state index contributed by atoms with van der Waals surface area (Å²) < 4.78 is 73.7. The molecule has 0 fully saturated rings. The number of ether oxygens (including phenoxy) is 1. The molecule has 0 saturated carbocycles. The number of methoxy groups -OCH3 is 1. The van der Waals surface area contributed by atoms with Gasteiger partial charge in [-0.25, -0.2) is 18.6 Å². The van der Waals surface area contributed by atoms with Gasteiger partial charge in [-0.3, -0.25) is 10.1 Å². The standard InChI is InChI=1S/C20H17F5N2O4S/c1-9(2)8-11-13(19(28)31-3)15(18(21)22)26-17(20(23,24)25)14(11)16(32)10-6-4-5-7-12(10)27(29)30/h4-7,9,18H,8H2,1-3H3. The van der Waals surface area contributed by atoms with Crippen molar-refractivity contribution in [2.45, 2.75) is 32.9 Å². The highest BCUT2D eigenvalue weighted by molar-refractivity contribution is 7.81. The first-order valence-electron chi connectivity index (χ1n) is 9.09. The first-order valence-corrected chi connectivity index (χ1v) is 9.50. The Hall–Kier alpha value is -3.02. The summed E-state index contributed by atoms with van der Waals surface area (Å²) in [5.74, 6) is -1.72. The minimum absolute atomic E-state index is 0.272. The van der Waals surface area contributed by atoms with E-state index in [2.05, 4.69) is 9.72 Å². The Morgan fingerprint density at radius 3 is 2.28 bits per heavy atom. The molecule has 2 rings (SSSR count). The molecule has 6 nitrogen and oxygen atoms in total. The highest BCUT2D eigenvalue weighted by Crippen LogP contribution is 2.39. The second-order valence-electron chi connectivity index (χ2n) is 7.07. The summed E-state index contributed by atoms with van der Waals surface area (Å²) in [5, 5.41) is 11.4. The molecular formula is C20H17F5N2O4S. The maximum atomic E-state index is 13.9. The molecule has 1 aromatic carbocycles. The van der Waals surface area contributed by atoms with Crippen molar-refractivity contribution in [3.63, 3.8) is 0 Å². The minimum atomic E-state index is -5.24. The first-order chi connectivity index (χ1) is 14.8. The summed E-state index contributed by atoms with van der Waals surface area (Å²) in [6.45, 7) is 3.18. The lowest BCUT2D eigenvalue weighted by molar-refractivity contribution is -0.385. The van der Waals surface area contributed by atoms with Crippen LogP contribution in [0.15, 0.2) is 24.3 Å². The normalized spacial score (nSPS) is 11.7. The molecule has 0 radical (unpaired) electrons. The molecule has 32 heavy (non-hydrogen) atoms. The van der Waals surface area contributed by atoms with Crippen LogP contribution in [0, 0.1) is 16.0 Å². The number of thiocarbonyl (C=S) groups is 1. The lowest BCUT2D eigenvalue weighted by atomic mass is 9.87. The predicted octanol–water partition coefficient (Wildman–Crippen LogP) is 5.70. The van der Waals surface area contributed by atoms with Crippen LogP contribution in [-0.2, 0) is 17.3 Å². The van der Waals surface area contributed by atoms with Crippen molar-refractivity contribution in [2.24, 2.45) is 5.92 Å². The number of nitro benzene ring substituents is 1. The zero-order valence-electron chi connectivity index (χ0n) is 17.0. The van der Waals surface area contributed by atoms with Gasteiger partial charge < -0.3 is 4.74 Å². The Bertz CT molecular complexity index is 1070. The van der Waals surface area contributed by atoms with E-state index in [-0.39, 0.29) is 12.0 Å². The Balaban J connectivity index is 3.08. The van der Waals surface area contributed by atoms with E-state index in [0.717, 1.165) is 19.2 Å². The van der Waals surface area contributed by atoms with Gasteiger partial charge in [0.15, 0.2) is 5.69 Å². The molecule has 0 unspecified atom stereocenters. The lowest BCUT2D eigenvalue weighted by Gasteiger charge is -2.23. The number of esters is 1. The molecule has 0 amide bonds. The summed E-state index contributed by atoms with van der Waals surface area (Å²) in [6.07, 6.45) is -9.04. The number of carbonyl (C=O) groups excluding carboxylic acids is 1. The topological polar surface area (TPSA) is 82.3 Å². The molecule has 172 valence electrons.